The highest BCUT2D eigenvalue weighted by Gasteiger charge is 2.54. The van der Waals surface area contributed by atoms with Gasteiger partial charge in [0.05, 0.1) is 6.61 Å². The van der Waals surface area contributed by atoms with Crippen LogP contribution in [0.25, 0.3) is 0 Å². The van der Waals surface area contributed by atoms with Crippen molar-refractivity contribution in [2.75, 3.05) is 6.61 Å². The second-order valence-corrected chi connectivity index (χ2v) is 7.83. The largest absolute Gasteiger partial charge is 0.396 e. The number of hydrogen-bond donors (Lipinski definition) is 3. The molecule has 2 fully saturated rings. The lowest BCUT2D eigenvalue weighted by atomic mass is 9.86. The molecule has 5 atom stereocenters. The minimum atomic E-state index is -0.166. The molecule has 1 aromatic rings. The number of fused-ring (bicyclic) bond motifs is 3. The van der Waals surface area contributed by atoms with Crippen LogP contribution in [0, 0.1) is 11.3 Å². The summed E-state index contributed by atoms with van der Waals surface area (Å²) in [5.41, 5.74) is 2.71. The Balaban J connectivity index is 1.38. The molecule has 5 unspecified atom stereocenters. The SMILES string of the molecule is CC1(CO)CCCC1NC(=O)NC1C2CCc3ccccc3C21. The molecule has 0 saturated heterocycles. The molecule has 4 nitrogen and oxygen atoms in total. The van der Waals surface area contributed by atoms with Gasteiger partial charge in [-0.3, -0.25) is 0 Å². The van der Waals surface area contributed by atoms with Crippen LogP contribution in [0.5, 0.6) is 0 Å². The molecule has 124 valence electrons. The quantitative estimate of drug-likeness (QED) is 0.803. The van der Waals surface area contributed by atoms with E-state index in [2.05, 4.69) is 41.8 Å². The summed E-state index contributed by atoms with van der Waals surface area (Å²) in [6.07, 6.45) is 5.32. The van der Waals surface area contributed by atoms with Gasteiger partial charge in [0.15, 0.2) is 0 Å². The molecule has 1 aromatic carbocycles. The molecular weight excluding hydrogens is 288 g/mol. The molecule has 0 heterocycles. The van der Waals surface area contributed by atoms with Crippen LogP contribution < -0.4 is 10.6 Å². The maximum atomic E-state index is 12.4. The standard InChI is InChI=1S/C19H26N2O2/c1-19(11-22)10-4-7-15(19)20-18(23)21-17-14-9-8-12-5-2-3-6-13(12)16(14)17/h2-3,5-6,14-17,22H,4,7-11H2,1H3,(H2,20,21,23). The van der Waals surface area contributed by atoms with Crippen molar-refractivity contribution in [1.82, 2.24) is 10.6 Å². The first kappa shape index (κ1) is 15.0. The molecule has 2 saturated carbocycles. The third kappa shape index (κ3) is 2.53. The number of urea groups is 1. The Morgan fingerprint density at radius 1 is 1.30 bits per heavy atom. The number of nitrogens with one attached hydrogen (secondary N) is 2. The van der Waals surface area contributed by atoms with Crippen molar-refractivity contribution in [3.63, 3.8) is 0 Å². The Hall–Kier alpha value is -1.55. The molecule has 4 heteroatoms. The number of carbonyl (C=O) groups is 1. The summed E-state index contributed by atoms with van der Waals surface area (Å²) in [7, 11) is 0. The van der Waals surface area contributed by atoms with Crippen molar-refractivity contribution >= 4 is 6.03 Å². The maximum Gasteiger partial charge on any atom is 0.315 e. The molecule has 4 rings (SSSR count). The number of carbonyl (C=O) groups excluding carboxylic acids is 1. The van der Waals surface area contributed by atoms with Gasteiger partial charge < -0.3 is 15.7 Å². The first-order valence-electron chi connectivity index (χ1n) is 8.88. The van der Waals surface area contributed by atoms with Gasteiger partial charge in [-0.2, -0.15) is 0 Å². The van der Waals surface area contributed by atoms with Crippen LogP contribution in [0.2, 0.25) is 0 Å². The van der Waals surface area contributed by atoms with E-state index in [1.807, 2.05) is 0 Å². The van der Waals surface area contributed by atoms with Gasteiger partial charge in [0.25, 0.3) is 0 Å². The van der Waals surface area contributed by atoms with Crippen LogP contribution >= 0.6 is 0 Å². The smallest absolute Gasteiger partial charge is 0.315 e. The second-order valence-electron chi connectivity index (χ2n) is 7.83. The Morgan fingerprint density at radius 2 is 2.13 bits per heavy atom. The number of rotatable bonds is 3. The van der Waals surface area contributed by atoms with E-state index in [-0.39, 0.29) is 30.1 Å². The van der Waals surface area contributed by atoms with E-state index < -0.39 is 0 Å². The van der Waals surface area contributed by atoms with E-state index in [0.717, 1.165) is 25.7 Å². The molecule has 0 bridgehead atoms. The molecule has 2 amide bonds. The average Bonchev–Trinajstić information content (AvgIpc) is 3.14. The van der Waals surface area contributed by atoms with Gasteiger partial charge in [-0.05, 0) is 42.7 Å². The Bertz CT molecular complexity index is 617. The van der Waals surface area contributed by atoms with Crippen LogP contribution in [-0.4, -0.2) is 29.8 Å². The third-order valence-corrected chi connectivity index (χ3v) is 6.38. The van der Waals surface area contributed by atoms with E-state index in [4.69, 9.17) is 0 Å². The first-order chi connectivity index (χ1) is 11.1. The summed E-state index contributed by atoms with van der Waals surface area (Å²) in [4.78, 5) is 12.4. The Labute approximate surface area is 137 Å². The first-order valence-corrected chi connectivity index (χ1v) is 8.88. The molecule has 0 aromatic heterocycles. The predicted octanol–water partition coefficient (Wildman–Crippen LogP) is 2.57. The van der Waals surface area contributed by atoms with Gasteiger partial charge in [-0.25, -0.2) is 4.79 Å². The summed E-state index contributed by atoms with van der Waals surface area (Å²) < 4.78 is 0. The zero-order chi connectivity index (χ0) is 16.0. The zero-order valence-electron chi connectivity index (χ0n) is 13.7. The van der Waals surface area contributed by atoms with Gasteiger partial charge in [-0.15, -0.1) is 0 Å². The predicted molar refractivity (Wildman–Crippen MR) is 89.3 cm³/mol. The summed E-state index contributed by atoms with van der Waals surface area (Å²) in [6, 6.07) is 8.93. The van der Waals surface area contributed by atoms with Crippen molar-refractivity contribution in [3.05, 3.63) is 35.4 Å². The fourth-order valence-electron chi connectivity index (χ4n) is 4.78. The van der Waals surface area contributed by atoms with E-state index in [0.29, 0.717) is 11.8 Å². The highest BCUT2D eigenvalue weighted by molar-refractivity contribution is 5.75. The number of amides is 2. The molecule has 3 aliphatic carbocycles. The van der Waals surface area contributed by atoms with E-state index >= 15 is 0 Å². The Kier molecular flexibility index (Phi) is 3.60. The van der Waals surface area contributed by atoms with E-state index in [1.165, 1.54) is 17.5 Å². The average molecular weight is 314 g/mol. The number of hydrogen-bond acceptors (Lipinski definition) is 2. The van der Waals surface area contributed by atoms with Gasteiger partial charge in [-0.1, -0.05) is 37.6 Å². The molecule has 3 aliphatic rings. The fraction of sp³-hybridized carbons (Fsp3) is 0.632. The van der Waals surface area contributed by atoms with Crippen molar-refractivity contribution < 1.29 is 9.90 Å². The highest BCUT2D eigenvalue weighted by Crippen LogP contribution is 2.54. The number of benzene rings is 1. The summed E-state index contributed by atoms with van der Waals surface area (Å²) in [5.74, 6) is 1.10. The summed E-state index contributed by atoms with van der Waals surface area (Å²) >= 11 is 0. The maximum absolute atomic E-state index is 12.4. The van der Waals surface area contributed by atoms with Crippen molar-refractivity contribution in [2.45, 2.75) is 57.0 Å². The van der Waals surface area contributed by atoms with Gasteiger partial charge in [0.2, 0.25) is 0 Å². The second kappa shape index (κ2) is 5.52. The van der Waals surface area contributed by atoms with Crippen molar-refractivity contribution in [1.29, 1.82) is 0 Å². The number of aryl methyl sites for hydroxylation is 1. The lowest BCUT2D eigenvalue weighted by Crippen LogP contribution is -2.49. The zero-order valence-corrected chi connectivity index (χ0v) is 13.7. The normalized spacial score (nSPS) is 37.7. The molecular formula is C19H26N2O2. The van der Waals surface area contributed by atoms with Gasteiger partial charge in [0.1, 0.15) is 0 Å². The lowest BCUT2D eigenvalue weighted by molar-refractivity contribution is 0.121. The lowest BCUT2D eigenvalue weighted by Gasteiger charge is -2.30. The van der Waals surface area contributed by atoms with Crippen LogP contribution in [-0.2, 0) is 6.42 Å². The molecule has 0 aliphatic heterocycles. The molecule has 23 heavy (non-hydrogen) atoms. The molecule has 3 N–H and O–H groups in total. The molecule has 0 radical (unpaired) electrons. The van der Waals surface area contributed by atoms with E-state index in [1.54, 1.807) is 0 Å². The summed E-state index contributed by atoms with van der Waals surface area (Å²) in [5, 5.41) is 15.9. The van der Waals surface area contributed by atoms with Crippen LogP contribution in [0.3, 0.4) is 0 Å². The highest BCUT2D eigenvalue weighted by atomic mass is 16.3. The fourth-order valence-corrected chi connectivity index (χ4v) is 4.78. The third-order valence-electron chi connectivity index (χ3n) is 6.38. The minimum absolute atomic E-state index is 0.0616. The van der Waals surface area contributed by atoms with E-state index in [9.17, 15) is 9.90 Å². The van der Waals surface area contributed by atoms with Crippen molar-refractivity contribution in [2.24, 2.45) is 11.3 Å². The van der Waals surface area contributed by atoms with Crippen LogP contribution in [0.15, 0.2) is 24.3 Å². The van der Waals surface area contributed by atoms with Crippen LogP contribution in [0.4, 0.5) is 4.79 Å². The topological polar surface area (TPSA) is 61.4 Å². The number of aliphatic hydroxyl groups excluding tert-OH is 1. The van der Waals surface area contributed by atoms with Gasteiger partial charge >= 0.3 is 6.03 Å². The summed E-state index contributed by atoms with van der Waals surface area (Å²) in [6.45, 7) is 2.21. The van der Waals surface area contributed by atoms with Crippen LogP contribution in [0.1, 0.15) is 49.7 Å². The number of aliphatic hydroxyl groups is 1. The minimum Gasteiger partial charge on any atom is -0.396 e. The molecule has 0 spiro atoms. The van der Waals surface area contributed by atoms with Crippen molar-refractivity contribution in [3.8, 4) is 0 Å². The van der Waals surface area contributed by atoms with Gasteiger partial charge in [0, 0.05) is 23.4 Å². The Morgan fingerprint density at radius 3 is 2.96 bits per heavy atom. The monoisotopic (exact) mass is 314 g/mol.